The summed E-state index contributed by atoms with van der Waals surface area (Å²) in [6.45, 7) is 3.04. The Morgan fingerprint density at radius 2 is 2.29 bits per heavy atom. The maximum absolute atomic E-state index is 5.86. The zero-order valence-electron chi connectivity index (χ0n) is 11.9. The van der Waals surface area contributed by atoms with E-state index in [0.29, 0.717) is 0 Å². The van der Waals surface area contributed by atoms with E-state index in [9.17, 15) is 0 Å². The van der Waals surface area contributed by atoms with Crippen LogP contribution in [-0.2, 0) is 4.74 Å². The quantitative estimate of drug-likeness (QED) is 0.728. The van der Waals surface area contributed by atoms with Crippen LogP contribution in [0.1, 0.15) is 25.8 Å². The van der Waals surface area contributed by atoms with Crippen LogP contribution in [0.5, 0.6) is 0 Å². The molecule has 2 aromatic heterocycles. The number of nitrogens with one attached hydrogen (secondary N) is 1. The van der Waals surface area contributed by atoms with E-state index in [0.717, 1.165) is 46.2 Å². The molecule has 0 aliphatic carbocycles. The molecule has 0 radical (unpaired) electrons. The molecule has 3 heterocycles. The number of aromatic nitrogens is 3. The summed E-state index contributed by atoms with van der Waals surface area (Å²) >= 11 is 5.55. The summed E-state index contributed by atoms with van der Waals surface area (Å²) in [7, 11) is 0. The van der Waals surface area contributed by atoms with Crippen molar-refractivity contribution in [2.75, 3.05) is 6.61 Å². The molecule has 3 aromatic rings. The number of ether oxygens (including phenoxy) is 1. The van der Waals surface area contributed by atoms with E-state index in [1.165, 1.54) is 0 Å². The lowest BCUT2D eigenvalue weighted by atomic mass is 10.1. The van der Waals surface area contributed by atoms with Gasteiger partial charge in [-0.3, -0.25) is 4.98 Å². The first-order chi connectivity index (χ1) is 10.3. The minimum atomic E-state index is 0.222. The van der Waals surface area contributed by atoms with E-state index < -0.39 is 0 Å². The third kappa shape index (κ3) is 2.00. The van der Waals surface area contributed by atoms with Gasteiger partial charge in [0.15, 0.2) is 4.77 Å². The summed E-state index contributed by atoms with van der Waals surface area (Å²) in [4.78, 5) is 7.78. The van der Waals surface area contributed by atoms with E-state index >= 15 is 0 Å². The number of nitrogens with zero attached hydrogens (tertiary/aromatic N) is 2. The fraction of sp³-hybridized carbons (Fsp3) is 0.375. The summed E-state index contributed by atoms with van der Waals surface area (Å²) in [5, 5.41) is 1.13. The molecule has 0 spiro atoms. The molecular weight excluding hydrogens is 282 g/mol. The number of pyridine rings is 1. The fourth-order valence-electron chi connectivity index (χ4n) is 3.29. The zero-order chi connectivity index (χ0) is 14.4. The number of fused-ring (bicyclic) bond motifs is 3. The normalized spacial score (nSPS) is 20.3. The highest BCUT2D eigenvalue weighted by Gasteiger charge is 2.26. The first-order valence-corrected chi connectivity index (χ1v) is 7.76. The van der Waals surface area contributed by atoms with E-state index in [2.05, 4.69) is 27.5 Å². The second-order valence-electron chi connectivity index (χ2n) is 5.63. The van der Waals surface area contributed by atoms with Crippen molar-refractivity contribution in [1.29, 1.82) is 0 Å². The highest BCUT2D eigenvalue weighted by atomic mass is 32.1. The van der Waals surface area contributed by atoms with Crippen LogP contribution in [0.3, 0.4) is 0 Å². The van der Waals surface area contributed by atoms with Gasteiger partial charge in [0.05, 0.1) is 34.9 Å². The van der Waals surface area contributed by atoms with Crippen molar-refractivity contribution in [2.45, 2.75) is 31.9 Å². The van der Waals surface area contributed by atoms with Crippen molar-refractivity contribution >= 4 is 34.2 Å². The average Bonchev–Trinajstić information content (AvgIpc) is 3.13. The highest BCUT2D eigenvalue weighted by molar-refractivity contribution is 7.71. The Morgan fingerprint density at radius 3 is 3.10 bits per heavy atom. The third-order valence-corrected chi connectivity index (χ3v) is 4.66. The standard InChI is InChI=1S/C16H17N3OS/c1-10(14-7-4-8-20-14)19-15-11-5-2-3-6-12(11)17-9-13(15)18-16(19)21/h2-3,5-6,9-10,14H,4,7-8H2,1H3,(H,18,21). The molecule has 1 saturated heterocycles. The molecule has 0 amide bonds. The van der Waals surface area contributed by atoms with Crippen LogP contribution in [0.4, 0.5) is 0 Å². The number of imidazole rings is 1. The molecular formula is C16H17N3OS. The van der Waals surface area contributed by atoms with Gasteiger partial charge < -0.3 is 14.3 Å². The molecule has 1 aromatic carbocycles. The zero-order valence-corrected chi connectivity index (χ0v) is 12.7. The number of benzene rings is 1. The summed E-state index contributed by atoms with van der Waals surface area (Å²) < 4.78 is 8.80. The van der Waals surface area contributed by atoms with Crippen molar-refractivity contribution < 1.29 is 4.74 Å². The van der Waals surface area contributed by atoms with Crippen LogP contribution in [0, 0.1) is 4.77 Å². The van der Waals surface area contributed by atoms with Gasteiger partial charge in [-0.25, -0.2) is 0 Å². The Labute approximate surface area is 127 Å². The summed E-state index contributed by atoms with van der Waals surface area (Å²) in [6.07, 6.45) is 4.33. The third-order valence-electron chi connectivity index (χ3n) is 4.36. The Hall–Kier alpha value is -1.72. The molecule has 21 heavy (non-hydrogen) atoms. The number of rotatable bonds is 2. The van der Waals surface area contributed by atoms with Gasteiger partial charge in [0.1, 0.15) is 0 Å². The summed E-state index contributed by atoms with van der Waals surface area (Å²) in [5.41, 5.74) is 3.12. The SMILES string of the molecule is CC(C1CCCO1)n1c(=S)[nH]c2cnc3ccccc3c21. The molecule has 1 aliphatic rings. The van der Waals surface area contributed by atoms with Gasteiger partial charge in [-0.2, -0.15) is 0 Å². The second-order valence-corrected chi connectivity index (χ2v) is 6.02. The molecule has 108 valence electrons. The van der Waals surface area contributed by atoms with Gasteiger partial charge in [0.25, 0.3) is 0 Å². The topological polar surface area (TPSA) is 42.8 Å². The Balaban J connectivity index is 2.00. The molecule has 0 saturated carbocycles. The number of para-hydroxylation sites is 1. The molecule has 1 fully saturated rings. The lowest BCUT2D eigenvalue weighted by Crippen LogP contribution is -2.21. The van der Waals surface area contributed by atoms with Gasteiger partial charge in [-0.1, -0.05) is 18.2 Å². The molecule has 5 heteroatoms. The van der Waals surface area contributed by atoms with Crippen molar-refractivity contribution in [3.63, 3.8) is 0 Å². The fourth-order valence-corrected chi connectivity index (χ4v) is 3.66. The van der Waals surface area contributed by atoms with E-state index in [-0.39, 0.29) is 12.1 Å². The first kappa shape index (κ1) is 13.0. The monoisotopic (exact) mass is 299 g/mol. The predicted octanol–water partition coefficient (Wildman–Crippen LogP) is 3.99. The van der Waals surface area contributed by atoms with E-state index in [1.54, 1.807) is 0 Å². The molecule has 1 N–H and O–H groups in total. The van der Waals surface area contributed by atoms with E-state index in [4.69, 9.17) is 17.0 Å². The molecule has 0 bridgehead atoms. The molecule has 4 nitrogen and oxygen atoms in total. The smallest absolute Gasteiger partial charge is 0.178 e. The van der Waals surface area contributed by atoms with Gasteiger partial charge in [0, 0.05) is 12.0 Å². The van der Waals surface area contributed by atoms with Crippen LogP contribution < -0.4 is 0 Å². The number of hydrogen-bond acceptors (Lipinski definition) is 3. The largest absolute Gasteiger partial charge is 0.376 e. The number of H-pyrrole nitrogens is 1. The molecule has 4 rings (SSSR count). The second kappa shape index (κ2) is 4.93. The Bertz CT molecular complexity index is 861. The average molecular weight is 299 g/mol. The molecule has 2 atom stereocenters. The minimum Gasteiger partial charge on any atom is -0.376 e. The predicted molar refractivity (Wildman–Crippen MR) is 86.1 cm³/mol. The molecule has 1 aliphatic heterocycles. The van der Waals surface area contributed by atoms with Crippen LogP contribution in [0.15, 0.2) is 30.5 Å². The lowest BCUT2D eigenvalue weighted by molar-refractivity contribution is 0.0741. The lowest BCUT2D eigenvalue weighted by Gasteiger charge is -2.21. The van der Waals surface area contributed by atoms with Gasteiger partial charge in [-0.05, 0) is 38.0 Å². The van der Waals surface area contributed by atoms with Crippen LogP contribution in [0.2, 0.25) is 0 Å². The Morgan fingerprint density at radius 1 is 1.43 bits per heavy atom. The number of aromatic amines is 1. The van der Waals surface area contributed by atoms with Crippen LogP contribution >= 0.6 is 12.2 Å². The highest BCUT2D eigenvalue weighted by Crippen LogP contribution is 2.31. The van der Waals surface area contributed by atoms with Crippen LogP contribution in [-0.4, -0.2) is 27.2 Å². The van der Waals surface area contributed by atoms with Gasteiger partial charge in [-0.15, -0.1) is 0 Å². The van der Waals surface area contributed by atoms with Crippen LogP contribution in [0.25, 0.3) is 21.9 Å². The van der Waals surface area contributed by atoms with Gasteiger partial charge >= 0.3 is 0 Å². The minimum absolute atomic E-state index is 0.222. The Kier molecular flexibility index (Phi) is 3.05. The first-order valence-electron chi connectivity index (χ1n) is 7.35. The molecule has 2 unspecified atom stereocenters. The maximum atomic E-state index is 5.86. The van der Waals surface area contributed by atoms with Crippen molar-refractivity contribution in [3.8, 4) is 0 Å². The van der Waals surface area contributed by atoms with Crippen molar-refractivity contribution in [3.05, 3.63) is 35.2 Å². The number of hydrogen-bond donors (Lipinski definition) is 1. The van der Waals surface area contributed by atoms with E-state index in [1.807, 2.05) is 24.4 Å². The summed E-state index contributed by atoms with van der Waals surface area (Å²) in [6, 6.07) is 8.41. The maximum Gasteiger partial charge on any atom is 0.178 e. The van der Waals surface area contributed by atoms with Gasteiger partial charge in [0.2, 0.25) is 0 Å². The summed E-state index contributed by atoms with van der Waals surface area (Å²) in [5.74, 6) is 0. The van der Waals surface area contributed by atoms with Crippen molar-refractivity contribution in [1.82, 2.24) is 14.5 Å². The van der Waals surface area contributed by atoms with Crippen molar-refractivity contribution in [2.24, 2.45) is 0 Å².